The Morgan fingerprint density at radius 2 is 1.86 bits per heavy atom. The molecule has 1 atom stereocenters. The van der Waals surface area contributed by atoms with E-state index in [9.17, 15) is 19.5 Å². The molecule has 28 heavy (non-hydrogen) atoms. The van der Waals surface area contributed by atoms with Crippen molar-refractivity contribution in [1.29, 1.82) is 0 Å². The second kappa shape index (κ2) is 7.73. The zero-order valence-electron chi connectivity index (χ0n) is 15.4. The molecule has 1 amide bonds. The Kier molecular flexibility index (Phi) is 5.53. The molecule has 7 nitrogen and oxygen atoms in total. The lowest BCUT2D eigenvalue weighted by molar-refractivity contribution is -0.118. The Hall–Kier alpha value is -2.71. The van der Waals surface area contributed by atoms with Gasteiger partial charge in [0.1, 0.15) is 16.7 Å². The molecule has 0 saturated carbocycles. The van der Waals surface area contributed by atoms with E-state index in [1.54, 1.807) is 31.2 Å². The van der Waals surface area contributed by atoms with Gasteiger partial charge < -0.3 is 10.4 Å². The van der Waals surface area contributed by atoms with Gasteiger partial charge in [-0.15, -0.1) is 11.3 Å². The Morgan fingerprint density at radius 1 is 1.21 bits per heavy atom. The number of thiophene rings is 1. The van der Waals surface area contributed by atoms with Gasteiger partial charge in [0, 0.05) is 22.0 Å². The first-order valence-electron chi connectivity index (χ1n) is 8.54. The Labute approximate surface area is 169 Å². The molecule has 2 heterocycles. The molecule has 0 aliphatic carbocycles. The summed E-state index contributed by atoms with van der Waals surface area (Å²) in [6.07, 6.45) is 0. The number of nitrogens with zero attached hydrogens (tertiary/aromatic N) is 2. The third-order valence-electron chi connectivity index (χ3n) is 4.29. The van der Waals surface area contributed by atoms with E-state index in [2.05, 4.69) is 10.3 Å². The third-order valence-corrected chi connectivity index (χ3v) is 5.42. The number of anilines is 1. The van der Waals surface area contributed by atoms with E-state index >= 15 is 0 Å². The molecular weight excluding hydrogens is 402 g/mol. The standard InChI is InChI=1S/C19H18ClN3O4S/c1-9(2)15-22-17-14(13(8-28-17)19(26)27)18(25)23(15)10(3)16(24)21-12-6-4-11(20)5-7-12/h4-10H,1-3H3,(H,21,24)(H,26,27). The zero-order chi connectivity index (χ0) is 20.6. The largest absolute Gasteiger partial charge is 0.478 e. The molecule has 3 aromatic rings. The van der Waals surface area contributed by atoms with Gasteiger partial charge in [0.05, 0.1) is 10.9 Å². The van der Waals surface area contributed by atoms with E-state index in [-0.39, 0.29) is 16.9 Å². The molecule has 0 bridgehead atoms. The Bertz CT molecular complexity index is 1120. The lowest BCUT2D eigenvalue weighted by Crippen LogP contribution is -2.35. The molecule has 2 N–H and O–H groups in total. The van der Waals surface area contributed by atoms with Gasteiger partial charge in [0.2, 0.25) is 5.91 Å². The highest BCUT2D eigenvalue weighted by molar-refractivity contribution is 7.17. The maximum atomic E-state index is 13.2. The monoisotopic (exact) mass is 419 g/mol. The summed E-state index contributed by atoms with van der Waals surface area (Å²) < 4.78 is 1.28. The van der Waals surface area contributed by atoms with Crippen molar-refractivity contribution in [2.24, 2.45) is 0 Å². The highest BCUT2D eigenvalue weighted by atomic mass is 35.5. The number of rotatable bonds is 5. The predicted molar refractivity (Wildman–Crippen MR) is 110 cm³/mol. The SMILES string of the molecule is CC(C)c1nc2scc(C(=O)O)c2c(=O)n1C(C)C(=O)Nc1ccc(Cl)cc1. The molecule has 0 fully saturated rings. The van der Waals surface area contributed by atoms with Crippen LogP contribution in [0, 0.1) is 0 Å². The smallest absolute Gasteiger partial charge is 0.337 e. The number of benzene rings is 1. The molecule has 3 rings (SSSR count). The number of amides is 1. The summed E-state index contributed by atoms with van der Waals surface area (Å²) in [4.78, 5) is 42.2. The second-order valence-corrected chi connectivity index (χ2v) is 7.90. The molecule has 146 valence electrons. The van der Waals surface area contributed by atoms with Crippen molar-refractivity contribution in [2.45, 2.75) is 32.7 Å². The van der Waals surface area contributed by atoms with Crippen LogP contribution in [0.4, 0.5) is 5.69 Å². The Balaban J connectivity index is 2.10. The topological polar surface area (TPSA) is 101 Å². The number of hydrogen-bond acceptors (Lipinski definition) is 5. The van der Waals surface area contributed by atoms with Crippen LogP contribution in [0.1, 0.15) is 48.9 Å². The van der Waals surface area contributed by atoms with Gasteiger partial charge in [-0.3, -0.25) is 14.2 Å². The number of aromatic nitrogens is 2. The minimum atomic E-state index is -1.20. The van der Waals surface area contributed by atoms with Gasteiger partial charge in [-0.25, -0.2) is 9.78 Å². The van der Waals surface area contributed by atoms with Crippen LogP contribution >= 0.6 is 22.9 Å². The summed E-state index contributed by atoms with van der Waals surface area (Å²) in [7, 11) is 0. The first kappa shape index (κ1) is 20.0. The fraction of sp³-hybridized carbons (Fsp3) is 0.263. The fourth-order valence-corrected chi connectivity index (χ4v) is 3.89. The number of carboxylic acids is 1. The van der Waals surface area contributed by atoms with Crippen LogP contribution in [-0.4, -0.2) is 26.5 Å². The van der Waals surface area contributed by atoms with Crippen molar-refractivity contribution in [1.82, 2.24) is 9.55 Å². The molecule has 0 aliphatic heterocycles. The first-order valence-corrected chi connectivity index (χ1v) is 9.79. The summed E-state index contributed by atoms with van der Waals surface area (Å²) in [6.45, 7) is 5.30. The molecule has 2 aromatic heterocycles. The van der Waals surface area contributed by atoms with Gasteiger partial charge in [-0.05, 0) is 31.2 Å². The van der Waals surface area contributed by atoms with E-state index in [1.165, 1.54) is 9.95 Å². The van der Waals surface area contributed by atoms with Gasteiger partial charge in [0.25, 0.3) is 5.56 Å². The number of halogens is 1. The van der Waals surface area contributed by atoms with Crippen molar-refractivity contribution in [3.8, 4) is 0 Å². The number of aromatic carboxylic acids is 1. The summed E-state index contributed by atoms with van der Waals surface area (Å²) in [6, 6.07) is 5.71. The summed E-state index contributed by atoms with van der Waals surface area (Å²) >= 11 is 6.96. The van der Waals surface area contributed by atoms with Crippen LogP contribution in [0.3, 0.4) is 0 Å². The van der Waals surface area contributed by atoms with E-state index in [0.717, 1.165) is 11.3 Å². The van der Waals surface area contributed by atoms with Crippen LogP contribution < -0.4 is 10.9 Å². The van der Waals surface area contributed by atoms with Gasteiger partial charge in [0.15, 0.2) is 0 Å². The maximum absolute atomic E-state index is 13.2. The Morgan fingerprint density at radius 3 is 2.43 bits per heavy atom. The molecule has 0 spiro atoms. The van der Waals surface area contributed by atoms with Gasteiger partial charge in [-0.2, -0.15) is 0 Å². The number of carbonyl (C=O) groups excluding carboxylic acids is 1. The van der Waals surface area contributed by atoms with E-state index in [4.69, 9.17) is 11.6 Å². The van der Waals surface area contributed by atoms with Crippen molar-refractivity contribution < 1.29 is 14.7 Å². The van der Waals surface area contributed by atoms with Gasteiger partial charge in [-0.1, -0.05) is 25.4 Å². The maximum Gasteiger partial charge on any atom is 0.337 e. The average Bonchev–Trinajstić information content (AvgIpc) is 3.07. The highest BCUT2D eigenvalue weighted by Crippen LogP contribution is 2.26. The number of carbonyl (C=O) groups is 2. The van der Waals surface area contributed by atoms with Crippen LogP contribution in [0.5, 0.6) is 0 Å². The average molecular weight is 420 g/mol. The number of carboxylic acid groups (broad SMARTS) is 1. The molecule has 0 radical (unpaired) electrons. The van der Waals surface area contributed by atoms with E-state index in [0.29, 0.717) is 21.4 Å². The summed E-state index contributed by atoms with van der Waals surface area (Å²) in [5.41, 5.74) is -0.103. The summed E-state index contributed by atoms with van der Waals surface area (Å²) in [5, 5.41) is 14.1. The van der Waals surface area contributed by atoms with Crippen LogP contribution in [-0.2, 0) is 4.79 Å². The number of hydrogen-bond donors (Lipinski definition) is 2. The predicted octanol–water partition coefficient (Wildman–Crippen LogP) is 4.13. The minimum Gasteiger partial charge on any atom is -0.478 e. The second-order valence-electron chi connectivity index (χ2n) is 6.61. The normalized spacial score (nSPS) is 12.3. The van der Waals surface area contributed by atoms with Crippen LogP contribution in [0.25, 0.3) is 10.2 Å². The first-order chi connectivity index (χ1) is 13.2. The van der Waals surface area contributed by atoms with Crippen LogP contribution in [0.15, 0.2) is 34.4 Å². The third kappa shape index (κ3) is 3.65. The van der Waals surface area contributed by atoms with Crippen molar-refractivity contribution in [3.05, 3.63) is 56.4 Å². The number of fused-ring (bicyclic) bond motifs is 1. The highest BCUT2D eigenvalue weighted by Gasteiger charge is 2.26. The molecule has 1 unspecified atom stereocenters. The number of nitrogens with one attached hydrogen (secondary N) is 1. The minimum absolute atomic E-state index is 0.0213. The lowest BCUT2D eigenvalue weighted by atomic mass is 10.1. The lowest BCUT2D eigenvalue weighted by Gasteiger charge is -2.20. The van der Waals surface area contributed by atoms with Gasteiger partial charge >= 0.3 is 5.97 Å². The van der Waals surface area contributed by atoms with E-state index < -0.39 is 23.5 Å². The van der Waals surface area contributed by atoms with E-state index in [1.807, 2.05) is 13.8 Å². The zero-order valence-corrected chi connectivity index (χ0v) is 17.0. The molecule has 9 heteroatoms. The molecule has 0 aliphatic rings. The quantitative estimate of drug-likeness (QED) is 0.647. The van der Waals surface area contributed by atoms with Crippen LogP contribution in [0.2, 0.25) is 5.02 Å². The molecule has 0 saturated heterocycles. The molecular formula is C19H18ClN3O4S. The van der Waals surface area contributed by atoms with Crippen molar-refractivity contribution in [3.63, 3.8) is 0 Å². The summed E-state index contributed by atoms with van der Waals surface area (Å²) in [5.74, 6) is -1.33. The van der Waals surface area contributed by atoms with Crippen molar-refractivity contribution >= 4 is 50.7 Å². The molecule has 1 aromatic carbocycles. The fourth-order valence-electron chi connectivity index (χ4n) is 2.86. The van der Waals surface area contributed by atoms with Crippen molar-refractivity contribution in [2.75, 3.05) is 5.32 Å².